The number of hydrogen-bond acceptors (Lipinski definition) is 2. The van der Waals surface area contributed by atoms with Gasteiger partial charge in [0.2, 0.25) is 5.91 Å². The Bertz CT molecular complexity index is 294. The number of nitrogens with one attached hydrogen (secondary N) is 1. The second kappa shape index (κ2) is 7.99. The molecule has 1 saturated heterocycles. The third-order valence-electron chi connectivity index (χ3n) is 2.99. The van der Waals surface area contributed by atoms with E-state index in [1.807, 2.05) is 0 Å². The van der Waals surface area contributed by atoms with Gasteiger partial charge in [-0.1, -0.05) is 31.9 Å². The zero-order valence-electron chi connectivity index (χ0n) is 10.1. The fourth-order valence-corrected chi connectivity index (χ4v) is 2.67. The lowest BCUT2D eigenvalue weighted by Gasteiger charge is -2.30. The van der Waals surface area contributed by atoms with Gasteiger partial charge in [-0.2, -0.15) is 0 Å². The van der Waals surface area contributed by atoms with Gasteiger partial charge in [-0.05, 0) is 25.7 Å². The molecule has 1 rings (SSSR count). The second-order valence-corrected chi connectivity index (χ2v) is 6.25. The molecule has 1 atom stereocenters. The number of likely N-dealkylation sites (tertiary alicyclic amines) is 1. The molecule has 18 heavy (non-hydrogen) atoms. The molecule has 1 heterocycles. The van der Waals surface area contributed by atoms with Crippen LogP contribution in [-0.4, -0.2) is 51.3 Å². The van der Waals surface area contributed by atoms with Crippen molar-refractivity contribution in [1.82, 2.24) is 10.2 Å². The molecule has 1 fully saturated rings. The number of hydrogen-bond donors (Lipinski definition) is 2. The van der Waals surface area contributed by atoms with E-state index >= 15 is 0 Å². The van der Waals surface area contributed by atoms with Crippen LogP contribution in [-0.2, 0) is 4.79 Å². The van der Waals surface area contributed by atoms with Crippen molar-refractivity contribution in [1.29, 1.82) is 0 Å². The molecule has 7 heteroatoms. The molecule has 5 nitrogen and oxygen atoms in total. The van der Waals surface area contributed by atoms with Crippen molar-refractivity contribution in [2.24, 2.45) is 0 Å². The van der Waals surface area contributed by atoms with Crippen molar-refractivity contribution in [3.8, 4) is 0 Å². The summed E-state index contributed by atoms with van der Waals surface area (Å²) >= 11 is 6.70. The quantitative estimate of drug-likeness (QED) is 0.712. The maximum absolute atomic E-state index is 11.8. The Morgan fingerprint density at radius 1 is 1.39 bits per heavy atom. The number of piperidine rings is 1. The summed E-state index contributed by atoms with van der Waals surface area (Å²) in [5.74, 6) is 0.00438. The molecule has 2 amide bonds. The van der Waals surface area contributed by atoms with Crippen molar-refractivity contribution in [2.45, 2.75) is 36.6 Å². The van der Waals surface area contributed by atoms with Gasteiger partial charge in [-0.15, -0.1) is 0 Å². The summed E-state index contributed by atoms with van der Waals surface area (Å²) in [6.07, 6.45) is 2.24. The third kappa shape index (κ3) is 5.14. The van der Waals surface area contributed by atoms with E-state index in [0.29, 0.717) is 25.9 Å². The van der Waals surface area contributed by atoms with E-state index < -0.39 is 6.09 Å². The Balaban J connectivity index is 2.27. The molecular formula is C11H18Br2N2O3. The molecule has 0 aromatic rings. The fraction of sp³-hybridized carbons (Fsp3) is 0.818. The van der Waals surface area contributed by atoms with Crippen molar-refractivity contribution >= 4 is 43.9 Å². The van der Waals surface area contributed by atoms with Crippen LogP contribution in [0.1, 0.15) is 25.7 Å². The van der Waals surface area contributed by atoms with E-state index in [1.54, 1.807) is 0 Å². The van der Waals surface area contributed by atoms with Crippen LogP contribution in [0.15, 0.2) is 0 Å². The van der Waals surface area contributed by atoms with Crippen LogP contribution in [0.2, 0.25) is 0 Å². The van der Waals surface area contributed by atoms with Gasteiger partial charge >= 0.3 is 6.09 Å². The van der Waals surface area contributed by atoms with Crippen LogP contribution in [0.5, 0.6) is 0 Å². The summed E-state index contributed by atoms with van der Waals surface area (Å²) in [6.45, 7) is 0.989. The zero-order chi connectivity index (χ0) is 13.5. The van der Waals surface area contributed by atoms with E-state index in [9.17, 15) is 9.59 Å². The molecule has 0 bridgehead atoms. The number of amides is 2. The first kappa shape index (κ1) is 15.8. The number of alkyl halides is 2. The summed E-state index contributed by atoms with van der Waals surface area (Å²) in [5, 5.41) is 12.7. The molecule has 1 aliphatic heterocycles. The van der Waals surface area contributed by atoms with Gasteiger partial charge in [0.05, 0.1) is 4.83 Å². The molecule has 1 unspecified atom stereocenters. The number of rotatable bonds is 5. The van der Waals surface area contributed by atoms with Crippen molar-refractivity contribution < 1.29 is 14.7 Å². The number of halogens is 2. The molecule has 0 aliphatic carbocycles. The molecule has 0 spiro atoms. The molecule has 2 N–H and O–H groups in total. The summed E-state index contributed by atoms with van der Waals surface area (Å²) in [6, 6.07) is 0.0946. The van der Waals surface area contributed by atoms with E-state index in [-0.39, 0.29) is 16.8 Å². The fourth-order valence-electron chi connectivity index (χ4n) is 1.89. The van der Waals surface area contributed by atoms with Crippen LogP contribution in [0.25, 0.3) is 0 Å². The normalized spacial score (nSPS) is 18.4. The van der Waals surface area contributed by atoms with Gasteiger partial charge in [0.1, 0.15) is 0 Å². The lowest BCUT2D eigenvalue weighted by Crippen LogP contribution is -2.47. The Morgan fingerprint density at radius 3 is 2.50 bits per heavy atom. The molecule has 0 aromatic carbocycles. The van der Waals surface area contributed by atoms with Gasteiger partial charge in [0, 0.05) is 24.5 Å². The minimum absolute atomic E-state index is 0.00438. The Morgan fingerprint density at radius 2 is 2.00 bits per heavy atom. The highest BCUT2D eigenvalue weighted by Crippen LogP contribution is 2.13. The number of nitrogens with zero attached hydrogens (tertiary/aromatic N) is 1. The smallest absolute Gasteiger partial charge is 0.407 e. The lowest BCUT2D eigenvalue weighted by atomic mass is 10.1. The molecule has 0 saturated carbocycles. The maximum Gasteiger partial charge on any atom is 0.407 e. The summed E-state index contributed by atoms with van der Waals surface area (Å²) in [4.78, 5) is 23.8. The summed E-state index contributed by atoms with van der Waals surface area (Å²) < 4.78 is 0. The second-order valence-electron chi connectivity index (χ2n) is 4.35. The topological polar surface area (TPSA) is 69.6 Å². The van der Waals surface area contributed by atoms with Crippen LogP contribution < -0.4 is 5.32 Å². The minimum Gasteiger partial charge on any atom is -0.465 e. The highest BCUT2D eigenvalue weighted by atomic mass is 79.9. The van der Waals surface area contributed by atoms with Crippen molar-refractivity contribution in [3.63, 3.8) is 0 Å². The van der Waals surface area contributed by atoms with E-state index in [2.05, 4.69) is 37.2 Å². The van der Waals surface area contributed by atoms with Crippen LogP contribution in [0.4, 0.5) is 4.79 Å². The minimum atomic E-state index is -0.879. The highest BCUT2D eigenvalue weighted by molar-refractivity contribution is 9.10. The maximum atomic E-state index is 11.8. The molecular weight excluding hydrogens is 368 g/mol. The van der Waals surface area contributed by atoms with E-state index in [1.165, 1.54) is 4.90 Å². The highest BCUT2D eigenvalue weighted by Gasteiger charge is 2.25. The molecule has 1 aliphatic rings. The Hall–Kier alpha value is -0.300. The summed E-state index contributed by atoms with van der Waals surface area (Å²) in [5.41, 5.74) is 0. The average Bonchev–Trinajstić information content (AvgIpc) is 2.36. The predicted molar refractivity (Wildman–Crippen MR) is 76.5 cm³/mol. The first-order valence-electron chi connectivity index (χ1n) is 6.03. The molecule has 0 radical (unpaired) electrons. The monoisotopic (exact) mass is 384 g/mol. The Labute approximate surface area is 124 Å². The van der Waals surface area contributed by atoms with E-state index in [4.69, 9.17) is 5.11 Å². The molecule has 0 aromatic heterocycles. The van der Waals surface area contributed by atoms with E-state index in [0.717, 1.165) is 18.2 Å². The number of carbonyl (C=O) groups excluding carboxylic acids is 1. The first-order chi connectivity index (χ1) is 8.54. The number of carboxylic acid groups (broad SMARTS) is 1. The number of carbonyl (C=O) groups is 2. The average molecular weight is 386 g/mol. The predicted octanol–water partition coefficient (Wildman–Crippen LogP) is 2.18. The molecule has 104 valence electrons. The summed E-state index contributed by atoms with van der Waals surface area (Å²) in [7, 11) is 0. The first-order valence-corrected chi connectivity index (χ1v) is 8.06. The van der Waals surface area contributed by atoms with Gasteiger partial charge in [0.25, 0.3) is 0 Å². The Kier molecular flexibility index (Phi) is 6.99. The zero-order valence-corrected chi connectivity index (χ0v) is 13.2. The van der Waals surface area contributed by atoms with Crippen LogP contribution >= 0.6 is 31.9 Å². The van der Waals surface area contributed by atoms with Crippen molar-refractivity contribution in [2.75, 3.05) is 18.4 Å². The van der Waals surface area contributed by atoms with Crippen molar-refractivity contribution in [3.05, 3.63) is 0 Å². The van der Waals surface area contributed by atoms with Gasteiger partial charge in [-0.25, -0.2) is 4.79 Å². The van der Waals surface area contributed by atoms with Gasteiger partial charge in [0.15, 0.2) is 0 Å². The van der Waals surface area contributed by atoms with Gasteiger partial charge in [-0.3, -0.25) is 4.79 Å². The van der Waals surface area contributed by atoms with Crippen LogP contribution in [0, 0.1) is 0 Å². The SMILES string of the molecule is O=C(NC1CCN(C(=O)O)CC1)C(Br)CCCBr. The lowest BCUT2D eigenvalue weighted by molar-refractivity contribution is -0.121. The van der Waals surface area contributed by atoms with Gasteiger partial charge < -0.3 is 15.3 Å². The largest absolute Gasteiger partial charge is 0.465 e. The third-order valence-corrected chi connectivity index (χ3v) is 4.42. The standard InChI is InChI=1S/C11H18Br2N2O3/c12-5-1-2-9(13)10(16)14-8-3-6-15(7-4-8)11(17)18/h8-9H,1-7H2,(H,14,16)(H,17,18). The van der Waals surface area contributed by atoms with Crippen LogP contribution in [0.3, 0.4) is 0 Å².